The van der Waals surface area contributed by atoms with Crippen LogP contribution >= 0.6 is 0 Å². The number of rotatable bonds is 1. The fourth-order valence-electron chi connectivity index (χ4n) is 1.25. The topological polar surface area (TPSA) is 57.5 Å². The minimum Gasteiger partial charge on any atom is -0.507 e. The summed E-state index contributed by atoms with van der Waals surface area (Å²) in [6.07, 6.45) is -0.168. The first-order valence-electron chi connectivity index (χ1n) is 4.51. The number of carboxylic acids is 1. The van der Waals surface area contributed by atoms with Crippen LogP contribution in [-0.2, 0) is 4.79 Å². The minimum atomic E-state index is -0.935. The van der Waals surface area contributed by atoms with E-state index in [1.807, 2.05) is 0 Å². The molecule has 0 saturated heterocycles. The van der Waals surface area contributed by atoms with Crippen molar-refractivity contribution in [2.45, 2.75) is 20.3 Å². The molecule has 0 aromatic heterocycles. The summed E-state index contributed by atoms with van der Waals surface area (Å²) in [6.45, 7) is 3.56. The molecule has 3 heteroatoms. The largest absolute Gasteiger partial charge is 0.507 e. The van der Waals surface area contributed by atoms with Gasteiger partial charge in [-0.05, 0) is 37.1 Å². The molecule has 0 spiro atoms. The average molecular weight is 204 g/mol. The zero-order valence-corrected chi connectivity index (χ0v) is 8.66. The summed E-state index contributed by atoms with van der Waals surface area (Å²) in [5.41, 5.74) is 2.22. The molecule has 1 aromatic rings. The molecule has 0 bridgehead atoms. The number of aliphatic carboxylic acids is 1. The lowest BCUT2D eigenvalue weighted by Gasteiger charge is -2.03. The van der Waals surface area contributed by atoms with Crippen molar-refractivity contribution in [1.29, 1.82) is 0 Å². The van der Waals surface area contributed by atoms with Crippen molar-refractivity contribution in [3.8, 4) is 17.6 Å². The Hall–Kier alpha value is -1.95. The van der Waals surface area contributed by atoms with Crippen molar-refractivity contribution >= 4 is 5.97 Å². The highest BCUT2D eigenvalue weighted by atomic mass is 16.4. The van der Waals surface area contributed by atoms with Crippen molar-refractivity contribution in [2.75, 3.05) is 0 Å². The third-order valence-corrected chi connectivity index (χ3v) is 1.96. The minimum absolute atomic E-state index is 0.168. The van der Waals surface area contributed by atoms with Crippen LogP contribution in [0.3, 0.4) is 0 Å². The predicted octanol–water partition coefficient (Wildman–Crippen LogP) is 1.84. The van der Waals surface area contributed by atoms with Gasteiger partial charge in [-0.3, -0.25) is 4.79 Å². The van der Waals surface area contributed by atoms with Gasteiger partial charge in [0.1, 0.15) is 12.2 Å². The Labute approximate surface area is 88.4 Å². The third kappa shape index (κ3) is 3.03. The molecule has 0 radical (unpaired) electrons. The van der Waals surface area contributed by atoms with E-state index in [9.17, 15) is 9.90 Å². The monoisotopic (exact) mass is 204 g/mol. The molecule has 15 heavy (non-hydrogen) atoms. The van der Waals surface area contributed by atoms with Crippen molar-refractivity contribution in [1.82, 2.24) is 0 Å². The van der Waals surface area contributed by atoms with Crippen LogP contribution in [0.15, 0.2) is 12.1 Å². The number of carboxylic acid groups (broad SMARTS) is 1. The van der Waals surface area contributed by atoms with Crippen LogP contribution in [0.4, 0.5) is 0 Å². The molecule has 78 valence electrons. The van der Waals surface area contributed by atoms with E-state index < -0.39 is 5.97 Å². The number of aryl methyl sites for hydroxylation is 2. The van der Waals surface area contributed by atoms with E-state index in [0.717, 1.165) is 16.7 Å². The average Bonchev–Trinajstić information content (AvgIpc) is 2.13. The van der Waals surface area contributed by atoms with Crippen LogP contribution in [0.1, 0.15) is 23.1 Å². The third-order valence-electron chi connectivity index (χ3n) is 1.96. The Bertz CT molecular complexity index is 427. The molecule has 2 N–H and O–H groups in total. The zero-order chi connectivity index (χ0) is 11.4. The fourth-order valence-corrected chi connectivity index (χ4v) is 1.25. The van der Waals surface area contributed by atoms with Gasteiger partial charge in [-0.15, -0.1) is 0 Å². The van der Waals surface area contributed by atoms with Crippen molar-refractivity contribution in [3.05, 3.63) is 28.8 Å². The maximum Gasteiger partial charge on any atom is 0.315 e. The second kappa shape index (κ2) is 4.52. The summed E-state index contributed by atoms with van der Waals surface area (Å²) in [7, 11) is 0. The summed E-state index contributed by atoms with van der Waals surface area (Å²) in [5, 5.41) is 17.9. The second-order valence-corrected chi connectivity index (χ2v) is 3.33. The molecule has 0 fully saturated rings. The van der Waals surface area contributed by atoms with Crippen molar-refractivity contribution < 1.29 is 15.0 Å². The van der Waals surface area contributed by atoms with E-state index in [4.69, 9.17) is 5.11 Å². The number of benzene rings is 1. The molecule has 0 atom stereocenters. The van der Waals surface area contributed by atoms with Crippen molar-refractivity contribution in [3.63, 3.8) is 0 Å². The van der Waals surface area contributed by atoms with Gasteiger partial charge in [0.2, 0.25) is 0 Å². The Morgan fingerprint density at radius 2 is 1.87 bits per heavy atom. The Morgan fingerprint density at radius 3 is 2.33 bits per heavy atom. The van der Waals surface area contributed by atoms with Crippen LogP contribution in [-0.4, -0.2) is 16.2 Å². The van der Waals surface area contributed by atoms with E-state index in [-0.39, 0.29) is 12.2 Å². The quantitative estimate of drug-likeness (QED) is 0.686. The predicted molar refractivity (Wildman–Crippen MR) is 56.7 cm³/mol. The summed E-state index contributed by atoms with van der Waals surface area (Å²) in [6, 6.07) is 3.47. The number of phenols is 1. The van der Waals surface area contributed by atoms with Gasteiger partial charge in [0.05, 0.1) is 0 Å². The standard InChI is InChI=1S/C12H12O3/c1-8-6-10(4-3-5-11(13)14)7-9(2)12(8)15/h6-7,15H,5H2,1-2H3,(H,13,14). The first-order valence-corrected chi connectivity index (χ1v) is 4.51. The number of carbonyl (C=O) groups is 1. The lowest BCUT2D eigenvalue weighted by atomic mass is 10.1. The van der Waals surface area contributed by atoms with Gasteiger partial charge in [-0.1, -0.05) is 11.8 Å². The summed E-state index contributed by atoms with van der Waals surface area (Å²) in [4.78, 5) is 10.2. The maximum absolute atomic E-state index is 10.2. The molecule has 0 aliphatic heterocycles. The number of phenolic OH excluding ortho intramolecular Hbond substituents is 1. The Balaban J connectivity index is 2.95. The summed E-state index contributed by atoms with van der Waals surface area (Å²) >= 11 is 0. The maximum atomic E-state index is 10.2. The van der Waals surface area contributed by atoms with Crippen LogP contribution < -0.4 is 0 Å². The van der Waals surface area contributed by atoms with Gasteiger partial charge in [-0.25, -0.2) is 0 Å². The van der Waals surface area contributed by atoms with Gasteiger partial charge in [0, 0.05) is 5.56 Å². The normalized spacial score (nSPS) is 9.20. The molecule has 3 nitrogen and oxygen atoms in total. The van der Waals surface area contributed by atoms with E-state index in [0.29, 0.717) is 0 Å². The van der Waals surface area contributed by atoms with Crippen LogP contribution in [0, 0.1) is 25.7 Å². The van der Waals surface area contributed by atoms with E-state index >= 15 is 0 Å². The van der Waals surface area contributed by atoms with Crippen LogP contribution in [0.25, 0.3) is 0 Å². The molecule has 0 aliphatic rings. The highest BCUT2D eigenvalue weighted by Crippen LogP contribution is 2.22. The van der Waals surface area contributed by atoms with Gasteiger partial charge in [0.25, 0.3) is 0 Å². The fraction of sp³-hybridized carbons (Fsp3) is 0.250. The van der Waals surface area contributed by atoms with Gasteiger partial charge >= 0.3 is 5.97 Å². The van der Waals surface area contributed by atoms with E-state index in [2.05, 4.69) is 11.8 Å². The first kappa shape index (κ1) is 11.1. The number of hydrogen-bond acceptors (Lipinski definition) is 2. The molecule has 0 amide bonds. The molecule has 0 aliphatic carbocycles. The Morgan fingerprint density at radius 1 is 1.33 bits per heavy atom. The molecule has 0 heterocycles. The van der Waals surface area contributed by atoms with Crippen LogP contribution in [0.5, 0.6) is 5.75 Å². The second-order valence-electron chi connectivity index (χ2n) is 3.33. The van der Waals surface area contributed by atoms with Crippen LogP contribution in [0.2, 0.25) is 0 Å². The lowest BCUT2D eigenvalue weighted by molar-refractivity contribution is -0.135. The lowest BCUT2D eigenvalue weighted by Crippen LogP contribution is -1.90. The van der Waals surface area contributed by atoms with Gasteiger partial charge in [-0.2, -0.15) is 0 Å². The number of aromatic hydroxyl groups is 1. The highest BCUT2D eigenvalue weighted by molar-refractivity contribution is 5.70. The van der Waals surface area contributed by atoms with Gasteiger partial charge < -0.3 is 10.2 Å². The van der Waals surface area contributed by atoms with Gasteiger partial charge in [0.15, 0.2) is 0 Å². The molecule has 0 unspecified atom stereocenters. The zero-order valence-electron chi connectivity index (χ0n) is 8.66. The van der Waals surface area contributed by atoms with Crippen molar-refractivity contribution in [2.24, 2.45) is 0 Å². The molecule has 1 rings (SSSR count). The smallest absolute Gasteiger partial charge is 0.315 e. The molecular weight excluding hydrogens is 192 g/mol. The highest BCUT2D eigenvalue weighted by Gasteiger charge is 2.01. The molecule has 1 aromatic carbocycles. The SMILES string of the molecule is Cc1cc(C#CCC(=O)O)cc(C)c1O. The summed E-state index contributed by atoms with van der Waals surface area (Å²) < 4.78 is 0. The number of hydrogen-bond donors (Lipinski definition) is 2. The molecule has 0 saturated carbocycles. The Kier molecular flexibility index (Phi) is 3.35. The van der Waals surface area contributed by atoms with E-state index in [1.54, 1.807) is 26.0 Å². The summed E-state index contributed by atoms with van der Waals surface area (Å²) in [5.74, 6) is 4.61. The molecular formula is C12H12O3. The first-order chi connectivity index (χ1) is 7.00. The van der Waals surface area contributed by atoms with E-state index in [1.165, 1.54) is 0 Å².